The third-order valence-corrected chi connectivity index (χ3v) is 5.07. The van der Waals surface area contributed by atoms with Gasteiger partial charge in [0.1, 0.15) is 0 Å². The second kappa shape index (κ2) is 6.76. The molecule has 0 heterocycles. The van der Waals surface area contributed by atoms with Gasteiger partial charge in [0.2, 0.25) is 10.0 Å². The summed E-state index contributed by atoms with van der Waals surface area (Å²) in [6.07, 6.45) is -4.11. The first-order chi connectivity index (χ1) is 9.66. The number of sulfonamides is 1. The minimum absolute atomic E-state index is 0.137. The summed E-state index contributed by atoms with van der Waals surface area (Å²) >= 11 is 0. The van der Waals surface area contributed by atoms with Gasteiger partial charge in [0.15, 0.2) is 0 Å². The summed E-state index contributed by atoms with van der Waals surface area (Å²) in [5, 5.41) is 8.94. The van der Waals surface area contributed by atoms with Gasteiger partial charge in [-0.15, -0.1) is 0 Å². The topological polar surface area (TPSA) is 57.6 Å². The van der Waals surface area contributed by atoms with E-state index in [1.54, 1.807) is 6.92 Å². The van der Waals surface area contributed by atoms with Crippen LogP contribution in [0.1, 0.15) is 24.5 Å². The Labute approximate surface area is 122 Å². The van der Waals surface area contributed by atoms with Crippen molar-refractivity contribution in [3.8, 4) is 0 Å². The lowest BCUT2D eigenvalue weighted by molar-refractivity contribution is -0.138. The maximum Gasteiger partial charge on any atom is 0.416 e. The minimum atomic E-state index is -4.61. The molecule has 0 unspecified atom stereocenters. The second-order valence-corrected chi connectivity index (χ2v) is 6.46. The van der Waals surface area contributed by atoms with Crippen molar-refractivity contribution in [1.29, 1.82) is 0 Å². The summed E-state index contributed by atoms with van der Waals surface area (Å²) in [6.45, 7) is 2.49. The number of hydrogen-bond acceptors (Lipinski definition) is 3. The molecule has 1 N–H and O–H groups in total. The average molecular weight is 325 g/mol. The highest BCUT2D eigenvalue weighted by Crippen LogP contribution is 2.34. The number of alkyl halides is 3. The molecule has 0 bridgehead atoms. The van der Waals surface area contributed by atoms with Crippen molar-refractivity contribution in [3.05, 3.63) is 29.3 Å². The van der Waals surface area contributed by atoms with Crippen molar-refractivity contribution < 1.29 is 26.7 Å². The van der Waals surface area contributed by atoms with Crippen molar-refractivity contribution in [3.63, 3.8) is 0 Å². The molecule has 1 aromatic rings. The Kier molecular flexibility index (Phi) is 5.77. The number of halogens is 3. The maximum atomic E-state index is 12.9. The van der Waals surface area contributed by atoms with E-state index in [1.807, 2.05) is 0 Å². The summed E-state index contributed by atoms with van der Waals surface area (Å²) in [5.41, 5.74) is -1.30. The molecule has 1 rings (SSSR count). The van der Waals surface area contributed by atoms with Crippen LogP contribution in [0.5, 0.6) is 0 Å². The number of hydrogen-bond donors (Lipinski definition) is 1. The number of benzene rings is 1. The molecule has 0 atom stereocenters. The van der Waals surface area contributed by atoms with Crippen LogP contribution in [0.15, 0.2) is 23.1 Å². The summed E-state index contributed by atoms with van der Waals surface area (Å²) in [6, 6.07) is 3.08. The molecule has 0 radical (unpaired) electrons. The molecule has 4 nitrogen and oxygen atoms in total. The molecule has 21 heavy (non-hydrogen) atoms. The van der Waals surface area contributed by atoms with E-state index in [0.29, 0.717) is 6.42 Å². The van der Waals surface area contributed by atoms with E-state index in [0.717, 1.165) is 29.4 Å². The Balaban J connectivity index is 3.38. The monoisotopic (exact) mass is 325 g/mol. The molecule has 0 saturated heterocycles. The van der Waals surface area contributed by atoms with Crippen LogP contribution >= 0.6 is 0 Å². The van der Waals surface area contributed by atoms with E-state index < -0.39 is 28.4 Å². The third kappa shape index (κ3) is 3.96. The van der Waals surface area contributed by atoms with Gasteiger partial charge in [-0.2, -0.15) is 17.5 Å². The quantitative estimate of drug-likeness (QED) is 0.874. The first-order valence-electron chi connectivity index (χ1n) is 6.44. The number of aliphatic hydroxyl groups excluding tert-OH is 1. The van der Waals surface area contributed by atoms with Crippen LogP contribution < -0.4 is 0 Å². The SMILES string of the molecule is CCCN(CCO)S(=O)(=O)c1cccc(C(F)(F)F)c1C. The summed E-state index contributed by atoms with van der Waals surface area (Å²) in [5.74, 6) is 0. The second-order valence-electron chi connectivity index (χ2n) is 4.55. The van der Waals surface area contributed by atoms with Gasteiger partial charge in [0.25, 0.3) is 0 Å². The molecule has 0 fully saturated rings. The van der Waals surface area contributed by atoms with Crippen molar-refractivity contribution in [1.82, 2.24) is 4.31 Å². The Morgan fingerprint density at radius 1 is 1.24 bits per heavy atom. The third-order valence-electron chi connectivity index (χ3n) is 3.03. The highest BCUT2D eigenvalue weighted by atomic mass is 32.2. The van der Waals surface area contributed by atoms with Crippen molar-refractivity contribution in [2.24, 2.45) is 0 Å². The van der Waals surface area contributed by atoms with E-state index in [2.05, 4.69) is 0 Å². The van der Waals surface area contributed by atoms with Crippen LogP contribution in [0, 0.1) is 6.92 Å². The Hall–Kier alpha value is -1.12. The first-order valence-corrected chi connectivity index (χ1v) is 7.88. The predicted octanol–water partition coefficient (Wildman–Crippen LogP) is 2.41. The lowest BCUT2D eigenvalue weighted by Gasteiger charge is -2.22. The maximum absolute atomic E-state index is 12.9. The molecule has 0 spiro atoms. The summed E-state index contributed by atoms with van der Waals surface area (Å²) in [4.78, 5) is -0.376. The van der Waals surface area contributed by atoms with Crippen LogP contribution in [0.25, 0.3) is 0 Å². The van der Waals surface area contributed by atoms with E-state index >= 15 is 0 Å². The molecule has 0 aliphatic rings. The minimum Gasteiger partial charge on any atom is -0.395 e. The van der Waals surface area contributed by atoms with Crippen LogP contribution in [0.4, 0.5) is 13.2 Å². The fraction of sp³-hybridized carbons (Fsp3) is 0.538. The van der Waals surface area contributed by atoms with Gasteiger partial charge in [-0.1, -0.05) is 13.0 Å². The molecule has 0 saturated carbocycles. The summed E-state index contributed by atoms with van der Waals surface area (Å²) in [7, 11) is -4.07. The lowest BCUT2D eigenvalue weighted by Crippen LogP contribution is -2.35. The van der Waals surface area contributed by atoms with Gasteiger partial charge < -0.3 is 5.11 Å². The summed E-state index contributed by atoms with van der Waals surface area (Å²) < 4.78 is 64.5. The fourth-order valence-corrected chi connectivity index (χ4v) is 3.82. The number of nitrogens with zero attached hydrogens (tertiary/aromatic N) is 1. The molecule has 0 aromatic heterocycles. The molecule has 120 valence electrons. The molecular formula is C13H18F3NO3S. The smallest absolute Gasteiger partial charge is 0.395 e. The van der Waals surface area contributed by atoms with Crippen molar-refractivity contribution in [2.75, 3.05) is 19.7 Å². The Bertz CT molecular complexity index is 579. The normalized spacial score (nSPS) is 12.9. The van der Waals surface area contributed by atoms with Crippen LogP contribution in [-0.2, 0) is 16.2 Å². The van der Waals surface area contributed by atoms with Gasteiger partial charge in [-0.05, 0) is 31.0 Å². The first kappa shape index (κ1) is 17.9. The standard InChI is InChI=1S/C13H18F3NO3S/c1-3-7-17(8-9-18)21(19,20)12-6-4-5-11(10(12)2)13(14,15)16/h4-6,18H,3,7-9H2,1-2H3. The lowest BCUT2D eigenvalue weighted by atomic mass is 10.1. The van der Waals surface area contributed by atoms with E-state index in [4.69, 9.17) is 5.11 Å². The van der Waals surface area contributed by atoms with Crippen LogP contribution in [-0.4, -0.2) is 37.5 Å². The Morgan fingerprint density at radius 2 is 1.86 bits per heavy atom. The highest BCUT2D eigenvalue weighted by molar-refractivity contribution is 7.89. The van der Waals surface area contributed by atoms with Crippen molar-refractivity contribution >= 4 is 10.0 Å². The average Bonchev–Trinajstić information content (AvgIpc) is 2.37. The Morgan fingerprint density at radius 3 is 2.33 bits per heavy atom. The predicted molar refractivity (Wildman–Crippen MR) is 72.3 cm³/mol. The van der Waals surface area contributed by atoms with Gasteiger partial charge >= 0.3 is 6.18 Å². The zero-order valence-corrected chi connectivity index (χ0v) is 12.6. The molecule has 0 amide bonds. The number of aliphatic hydroxyl groups is 1. The molecular weight excluding hydrogens is 307 g/mol. The van der Waals surface area contributed by atoms with Crippen LogP contribution in [0.3, 0.4) is 0 Å². The fourth-order valence-electron chi connectivity index (χ4n) is 2.05. The molecule has 0 aliphatic carbocycles. The molecule has 1 aromatic carbocycles. The number of rotatable bonds is 6. The van der Waals surface area contributed by atoms with E-state index in [1.165, 1.54) is 0 Å². The molecule has 0 aliphatic heterocycles. The van der Waals surface area contributed by atoms with Gasteiger partial charge in [-0.25, -0.2) is 8.42 Å². The van der Waals surface area contributed by atoms with Gasteiger partial charge in [-0.3, -0.25) is 0 Å². The molecule has 8 heteroatoms. The van der Waals surface area contributed by atoms with Crippen molar-refractivity contribution in [2.45, 2.75) is 31.3 Å². The van der Waals surface area contributed by atoms with Crippen LogP contribution in [0.2, 0.25) is 0 Å². The van der Waals surface area contributed by atoms with E-state index in [-0.39, 0.29) is 23.5 Å². The zero-order chi connectivity index (χ0) is 16.3. The van der Waals surface area contributed by atoms with Gasteiger partial charge in [0.05, 0.1) is 17.1 Å². The zero-order valence-electron chi connectivity index (χ0n) is 11.8. The largest absolute Gasteiger partial charge is 0.416 e. The highest BCUT2D eigenvalue weighted by Gasteiger charge is 2.35. The van der Waals surface area contributed by atoms with E-state index in [9.17, 15) is 21.6 Å². The van der Waals surface area contributed by atoms with Gasteiger partial charge in [0, 0.05) is 13.1 Å².